The summed E-state index contributed by atoms with van der Waals surface area (Å²) in [4.78, 5) is 5.08. The number of rotatable bonds is 6. The molecule has 1 fully saturated rings. The van der Waals surface area contributed by atoms with Gasteiger partial charge < -0.3 is 9.47 Å². The molecule has 4 nitrogen and oxygen atoms in total. The van der Waals surface area contributed by atoms with Crippen LogP contribution in [-0.2, 0) is 14.3 Å². The zero-order valence-electron chi connectivity index (χ0n) is 7.54. The molecule has 0 radical (unpaired) electrons. The number of methoxy groups -OCH3 is 1. The van der Waals surface area contributed by atoms with Gasteiger partial charge in [0.2, 0.25) is 0 Å². The third-order valence-corrected chi connectivity index (χ3v) is 1.83. The minimum Gasteiger partial charge on any atom is -0.382 e. The smallest absolute Gasteiger partial charge is 0.0915 e. The summed E-state index contributed by atoms with van der Waals surface area (Å²) in [5.74, 6) is 0. The van der Waals surface area contributed by atoms with Gasteiger partial charge in [0, 0.05) is 20.3 Å². The fraction of sp³-hybridized carbons (Fsp3) is 1.00. The van der Waals surface area contributed by atoms with E-state index in [9.17, 15) is 0 Å². The summed E-state index contributed by atoms with van der Waals surface area (Å²) in [6.45, 7) is 2.88. The first-order chi connectivity index (χ1) is 5.93. The van der Waals surface area contributed by atoms with E-state index >= 15 is 0 Å². The summed E-state index contributed by atoms with van der Waals surface area (Å²) in [5, 5.41) is 0. The van der Waals surface area contributed by atoms with E-state index in [1.807, 2.05) is 0 Å². The van der Waals surface area contributed by atoms with E-state index in [1.54, 1.807) is 7.11 Å². The molecule has 1 saturated heterocycles. The van der Waals surface area contributed by atoms with Crippen LogP contribution >= 0.6 is 0 Å². The first-order valence-electron chi connectivity index (χ1n) is 4.38. The molecule has 72 valence electrons. The van der Waals surface area contributed by atoms with E-state index in [-0.39, 0.29) is 0 Å². The normalized spacial score (nSPS) is 23.2. The van der Waals surface area contributed by atoms with Crippen LogP contribution in [0.3, 0.4) is 0 Å². The van der Waals surface area contributed by atoms with Crippen LogP contribution in [0.25, 0.3) is 0 Å². The second-order valence-corrected chi connectivity index (χ2v) is 2.82. The van der Waals surface area contributed by atoms with E-state index in [1.165, 1.54) is 6.42 Å². The van der Waals surface area contributed by atoms with E-state index in [0.29, 0.717) is 19.3 Å². The maximum Gasteiger partial charge on any atom is 0.0915 e. The number of nitrogens with one attached hydrogen (secondary N) is 1. The molecule has 1 rings (SSSR count). The van der Waals surface area contributed by atoms with Crippen LogP contribution in [0, 0.1) is 0 Å². The quantitative estimate of drug-likeness (QED) is 0.466. The van der Waals surface area contributed by atoms with Crippen molar-refractivity contribution in [2.24, 2.45) is 0 Å². The molecule has 0 aromatic carbocycles. The Morgan fingerprint density at radius 2 is 2.42 bits per heavy atom. The Hall–Kier alpha value is -0.160. The SMILES string of the molecule is COCCONCC1CCCO1. The van der Waals surface area contributed by atoms with Crippen molar-refractivity contribution in [1.29, 1.82) is 0 Å². The van der Waals surface area contributed by atoms with E-state index in [4.69, 9.17) is 14.3 Å². The molecule has 1 atom stereocenters. The molecule has 1 aliphatic rings. The van der Waals surface area contributed by atoms with Crippen molar-refractivity contribution in [3.05, 3.63) is 0 Å². The van der Waals surface area contributed by atoms with Crippen molar-refractivity contribution in [2.75, 3.05) is 33.5 Å². The largest absolute Gasteiger partial charge is 0.382 e. The molecule has 0 aliphatic carbocycles. The third-order valence-electron chi connectivity index (χ3n) is 1.83. The molecule has 0 saturated carbocycles. The Morgan fingerprint density at radius 3 is 3.08 bits per heavy atom. The maximum absolute atomic E-state index is 5.39. The fourth-order valence-corrected chi connectivity index (χ4v) is 1.15. The lowest BCUT2D eigenvalue weighted by Gasteiger charge is -2.10. The van der Waals surface area contributed by atoms with Crippen molar-refractivity contribution < 1.29 is 14.3 Å². The highest BCUT2D eigenvalue weighted by molar-refractivity contribution is 4.64. The lowest BCUT2D eigenvalue weighted by atomic mass is 10.2. The standard InChI is InChI=1S/C8H17NO3/c1-10-5-6-12-9-7-8-3-2-4-11-8/h8-9H,2-7H2,1H3. The predicted octanol–water partition coefficient (Wildman–Crippen LogP) is 0.333. The number of hydrogen-bond donors (Lipinski definition) is 1. The van der Waals surface area contributed by atoms with Crippen LogP contribution in [0.15, 0.2) is 0 Å². The van der Waals surface area contributed by atoms with Gasteiger partial charge in [0.25, 0.3) is 0 Å². The minimum absolute atomic E-state index is 0.340. The molecule has 1 N–H and O–H groups in total. The zero-order chi connectivity index (χ0) is 8.65. The van der Waals surface area contributed by atoms with Crippen molar-refractivity contribution in [1.82, 2.24) is 5.48 Å². The first-order valence-corrected chi connectivity index (χ1v) is 4.38. The predicted molar refractivity (Wildman–Crippen MR) is 44.8 cm³/mol. The molecule has 1 heterocycles. The van der Waals surface area contributed by atoms with Gasteiger partial charge in [-0.2, -0.15) is 5.48 Å². The summed E-state index contributed by atoms with van der Waals surface area (Å²) in [6, 6.07) is 0. The lowest BCUT2D eigenvalue weighted by molar-refractivity contribution is -0.0154. The Balaban J connectivity index is 1.81. The second kappa shape index (κ2) is 6.37. The highest BCUT2D eigenvalue weighted by Gasteiger charge is 2.14. The number of ether oxygens (including phenoxy) is 2. The summed E-state index contributed by atoms with van der Waals surface area (Å²) in [7, 11) is 1.66. The molecule has 1 aliphatic heterocycles. The molecular formula is C8H17NO3. The van der Waals surface area contributed by atoms with Crippen molar-refractivity contribution in [3.8, 4) is 0 Å². The summed E-state index contributed by atoms with van der Waals surface area (Å²) in [6.07, 6.45) is 2.65. The van der Waals surface area contributed by atoms with Gasteiger partial charge in [-0.1, -0.05) is 0 Å². The van der Waals surface area contributed by atoms with E-state index < -0.39 is 0 Å². The monoisotopic (exact) mass is 175 g/mol. The van der Waals surface area contributed by atoms with Crippen LogP contribution in [0.2, 0.25) is 0 Å². The molecule has 0 aromatic rings. The first kappa shape index (κ1) is 9.92. The Kier molecular flexibility index (Phi) is 5.27. The minimum atomic E-state index is 0.340. The summed E-state index contributed by atoms with van der Waals surface area (Å²) < 4.78 is 10.2. The Morgan fingerprint density at radius 1 is 1.50 bits per heavy atom. The second-order valence-electron chi connectivity index (χ2n) is 2.82. The highest BCUT2D eigenvalue weighted by atomic mass is 16.7. The molecule has 0 bridgehead atoms. The van der Waals surface area contributed by atoms with Crippen LogP contribution in [-0.4, -0.2) is 39.6 Å². The number of hydroxylamine groups is 1. The van der Waals surface area contributed by atoms with Gasteiger partial charge in [0.15, 0.2) is 0 Å². The molecular weight excluding hydrogens is 158 g/mol. The van der Waals surface area contributed by atoms with Gasteiger partial charge in [-0.3, -0.25) is 4.84 Å². The van der Waals surface area contributed by atoms with Crippen LogP contribution in [0.5, 0.6) is 0 Å². The van der Waals surface area contributed by atoms with Crippen molar-refractivity contribution in [2.45, 2.75) is 18.9 Å². The van der Waals surface area contributed by atoms with Crippen LogP contribution < -0.4 is 5.48 Å². The van der Waals surface area contributed by atoms with Crippen LogP contribution in [0.1, 0.15) is 12.8 Å². The zero-order valence-corrected chi connectivity index (χ0v) is 7.54. The molecule has 4 heteroatoms. The number of hydrogen-bond acceptors (Lipinski definition) is 4. The van der Waals surface area contributed by atoms with Gasteiger partial charge in [0.1, 0.15) is 0 Å². The van der Waals surface area contributed by atoms with E-state index in [0.717, 1.165) is 19.6 Å². The third kappa shape index (κ3) is 4.01. The van der Waals surface area contributed by atoms with Gasteiger partial charge in [-0.25, -0.2) is 0 Å². The average Bonchev–Trinajstić information content (AvgIpc) is 2.57. The molecule has 1 unspecified atom stereocenters. The molecule has 0 spiro atoms. The van der Waals surface area contributed by atoms with Crippen LogP contribution in [0.4, 0.5) is 0 Å². The average molecular weight is 175 g/mol. The van der Waals surface area contributed by atoms with Gasteiger partial charge in [-0.05, 0) is 12.8 Å². The topological polar surface area (TPSA) is 39.7 Å². The fourth-order valence-electron chi connectivity index (χ4n) is 1.15. The maximum atomic E-state index is 5.39. The molecule has 0 aromatic heterocycles. The lowest BCUT2D eigenvalue weighted by Crippen LogP contribution is -2.27. The van der Waals surface area contributed by atoms with Crippen molar-refractivity contribution in [3.63, 3.8) is 0 Å². The van der Waals surface area contributed by atoms with Gasteiger partial charge in [-0.15, -0.1) is 0 Å². The van der Waals surface area contributed by atoms with E-state index in [2.05, 4.69) is 5.48 Å². The summed E-state index contributed by atoms with van der Waals surface area (Å²) >= 11 is 0. The Labute approximate surface area is 73.1 Å². The Bertz CT molecular complexity index is 104. The van der Waals surface area contributed by atoms with Gasteiger partial charge >= 0.3 is 0 Å². The van der Waals surface area contributed by atoms with Gasteiger partial charge in [0.05, 0.1) is 19.3 Å². The van der Waals surface area contributed by atoms with Crippen molar-refractivity contribution >= 4 is 0 Å². The molecule has 0 amide bonds. The molecule has 12 heavy (non-hydrogen) atoms. The highest BCUT2D eigenvalue weighted by Crippen LogP contribution is 2.10. The summed E-state index contributed by atoms with van der Waals surface area (Å²) in [5.41, 5.74) is 2.86.